The summed E-state index contributed by atoms with van der Waals surface area (Å²) < 4.78 is 28.8. The van der Waals surface area contributed by atoms with Crippen LogP contribution in [0.4, 0.5) is 5.69 Å². The molecule has 0 aliphatic heterocycles. The fourth-order valence-electron chi connectivity index (χ4n) is 3.20. The molecule has 0 spiro atoms. The molecule has 2 aromatic carbocycles. The summed E-state index contributed by atoms with van der Waals surface area (Å²) in [5, 5.41) is 7.79. The third-order valence-corrected chi connectivity index (χ3v) is 6.37. The molecule has 7 nitrogen and oxygen atoms in total. The van der Waals surface area contributed by atoms with Crippen LogP contribution in [0.5, 0.6) is 0 Å². The monoisotopic (exact) mass is 460 g/mol. The lowest BCUT2D eigenvalue weighted by Crippen LogP contribution is -2.30. The predicted molar refractivity (Wildman–Crippen MR) is 123 cm³/mol. The first-order valence-corrected chi connectivity index (χ1v) is 11.7. The van der Waals surface area contributed by atoms with Crippen molar-refractivity contribution in [2.75, 3.05) is 5.32 Å². The number of nitrogens with one attached hydrogen (secondary N) is 2. The van der Waals surface area contributed by atoms with E-state index < -0.39 is 10.0 Å². The number of sulfonamides is 1. The van der Waals surface area contributed by atoms with E-state index in [1.165, 1.54) is 18.3 Å². The molecule has 164 valence electrons. The fraction of sp³-hybridized carbons (Fsp3) is 0.273. The summed E-state index contributed by atoms with van der Waals surface area (Å²) in [6, 6.07) is 13.1. The average molecular weight is 461 g/mol. The molecule has 3 aromatic rings. The van der Waals surface area contributed by atoms with Gasteiger partial charge in [-0.15, -0.1) is 0 Å². The van der Waals surface area contributed by atoms with Crippen molar-refractivity contribution in [2.45, 2.75) is 44.6 Å². The van der Waals surface area contributed by atoms with E-state index in [-0.39, 0.29) is 22.8 Å². The van der Waals surface area contributed by atoms with Gasteiger partial charge in [-0.05, 0) is 62.2 Å². The molecule has 0 atom stereocenters. The SMILES string of the molecule is CC(C)NS(=O)(=O)c1ccc(NC(=O)c2cnn(-c3cccc(Cl)c3)c2C(C)C)cc1. The lowest BCUT2D eigenvalue weighted by atomic mass is 10.0. The number of aromatic nitrogens is 2. The third-order valence-electron chi connectivity index (χ3n) is 4.46. The molecule has 9 heteroatoms. The van der Waals surface area contributed by atoms with E-state index in [9.17, 15) is 13.2 Å². The van der Waals surface area contributed by atoms with Gasteiger partial charge in [0.25, 0.3) is 5.91 Å². The highest BCUT2D eigenvalue weighted by Gasteiger charge is 2.21. The second-order valence-corrected chi connectivity index (χ2v) is 9.89. The zero-order valence-corrected chi connectivity index (χ0v) is 19.3. The number of hydrogen-bond donors (Lipinski definition) is 2. The number of carbonyl (C=O) groups is 1. The summed E-state index contributed by atoms with van der Waals surface area (Å²) in [6.45, 7) is 7.47. The van der Waals surface area contributed by atoms with E-state index in [0.717, 1.165) is 11.4 Å². The molecule has 31 heavy (non-hydrogen) atoms. The van der Waals surface area contributed by atoms with Gasteiger partial charge in [0.1, 0.15) is 0 Å². The lowest BCUT2D eigenvalue weighted by molar-refractivity contribution is 0.102. The van der Waals surface area contributed by atoms with Gasteiger partial charge in [0, 0.05) is 16.8 Å². The summed E-state index contributed by atoms with van der Waals surface area (Å²) in [5.41, 5.74) is 2.44. The van der Waals surface area contributed by atoms with Crippen molar-refractivity contribution in [2.24, 2.45) is 0 Å². The van der Waals surface area contributed by atoms with Gasteiger partial charge in [0.2, 0.25) is 10.0 Å². The first-order chi connectivity index (χ1) is 14.6. The van der Waals surface area contributed by atoms with Crippen molar-refractivity contribution in [1.29, 1.82) is 0 Å². The summed E-state index contributed by atoms with van der Waals surface area (Å²) in [4.78, 5) is 13.1. The van der Waals surface area contributed by atoms with E-state index in [2.05, 4.69) is 15.1 Å². The van der Waals surface area contributed by atoms with Crippen LogP contribution in [0.3, 0.4) is 0 Å². The summed E-state index contributed by atoms with van der Waals surface area (Å²) in [5.74, 6) is -0.301. The number of halogens is 1. The molecule has 0 fully saturated rings. The van der Waals surface area contributed by atoms with Crippen molar-refractivity contribution in [1.82, 2.24) is 14.5 Å². The van der Waals surface area contributed by atoms with E-state index in [4.69, 9.17) is 11.6 Å². The maximum atomic E-state index is 13.0. The maximum absolute atomic E-state index is 13.0. The largest absolute Gasteiger partial charge is 0.322 e. The lowest BCUT2D eigenvalue weighted by Gasteiger charge is -2.13. The highest BCUT2D eigenvalue weighted by molar-refractivity contribution is 7.89. The number of nitrogens with zero attached hydrogens (tertiary/aromatic N) is 2. The van der Waals surface area contributed by atoms with Gasteiger partial charge in [-0.1, -0.05) is 31.5 Å². The Labute approximate surface area is 187 Å². The Bertz CT molecular complexity index is 1190. The third kappa shape index (κ3) is 5.33. The molecule has 0 aliphatic rings. The molecule has 0 saturated heterocycles. The Morgan fingerprint density at radius 1 is 1.06 bits per heavy atom. The van der Waals surface area contributed by atoms with Crippen LogP contribution in [0.1, 0.15) is 49.7 Å². The van der Waals surface area contributed by atoms with E-state index in [1.54, 1.807) is 42.8 Å². The van der Waals surface area contributed by atoms with Crippen LogP contribution in [-0.2, 0) is 10.0 Å². The first kappa shape index (κ1) is 23.0. The molecule has 3 rings (SSSR count). The highest BCUT2D eigenvalue weighted by atomic mass is 35.5. The Morgan fingerprint density at radius 3 is 2.32 bits per heavy atom. The number of hydrogen-bond acceptors (Lipinski definition) is 4. The van der Waals surface area contributed by atoms with E-state index >= 15 is 0 Å². The summed E-state index contributed by atoms with van der Waals surface area (Å²) in [6.07, 6.45) is 1.52. The molecular formula is C22H25ClN4O3S. The minimum atomic E-state index is -3.59. The van der Waals surface area contributed by atoms with Crippen LogP contribution in [0.2, 0.25) is 5.02 Å². The normalized spacial score (nSPS) is 11.8. The number of carbonyl (C=O) groups excluding carboxylic acids is 1. The second-order valence-electron chi connectivity index (χ2n) is 7.74. The Hall–Kier alpha value is -2.68. The van der Waals surface area contributed by atoms with Gasteiger partial charge >= 0.3 is 0 Å². The topological polar surface area (TPSA) is 93.1 Å². The molecule has 1 heterocycles. The zero-order chi connectivity index (χ0) is 22.8. The van der Waals surface area contributed by atoms with Gasteiger partial charge in [0.05, 0.1) is 28.0 Å². The van der Waals surface area contributed by atoms with Crippen molar-refractivity contribution in [3.8, 4) is 5.69 Å². The standard InChI is InChI=1S/C22H25ClN4O3S/c1-14(2)21-20(13-24-27(21)18-7-5-6-16(23)12-18)22(28)25-17-8-10-19(11-9-17)31(29,30)26-15(3)4/h5-15,26H,1-4H3,(H,25,28). The summed E-state index contributed by atoms with van der Waals surface area (Å²) >= 11 is 6.11. The quantitative estimate of drug-likeness (QED) is 0.539. The first-order valence-electron chi connectivity index (χ1n) is 9.86. The molecule has 0 radical (unpaired) electrons. The van der Waals surface area contributed by atoms with Gasteiger partial charge in [0.15, 0.2) is 0 Å². The van der Waals surface area contributed by atoms with E-state index in [1.807, 2.05) is 26.0 Å². The van der Waals surface area contributed by atoms with E-state index in [0.29, 0.717) is 16.3 Å². The molecule has 1 amide bonds. The fourth-order valence-corrected chi connectivity index (χ4v) is 4.63. The van der Waals surface area contributed by atoms with Crippen LogP contribution in [0.15, 0.2) is 59.6 Å². The van der Waals surface area contributed by atoms with Crippen molar-refractivity contribution in [3.63, 3.8) is 0 Å². The van der Waals surface area contributed by atoms with Crippen LogP contribution in [-0.4, -0.2) is 30.1 Å². The highest BCUT2D eigenvalue weighted by Crippen LogP contribution is 2.25. The minimum Gasteiger partial charge on any atom is -0.322 e. The number of benzene rings is 2. The minimum absolute atomic E-state index is 0.0249. The Balaban J connectivity index is 1.86. The van der Waals surface area contributed by atoms with Crippen molar-refractivity contribution in [3.05, 3.63) is 71.0 Å². The Morgan fingerprint density at radius 2 is 1.74 bits per heavy atom. The van der Waals surface area contributed by atoms with Crippen molar-refractivity contribution >= 4 is 33.2 Å². The average Bonchev–Trinajstić information content (AvgIpc) is 3.13. The summed E-state index contributed by atoms with van der Waals surface area (Å²) in [7, 11) is -3.59. The van der Waals surface area contributed by atoms with Crippen LogP contribution in [0.25, 0.3) is 5.69 Å². The molecule has 0 bridgehead atoms. The number of rotatable bonds is 7. The predicted octanol–water partition coefficient (Wildman–Crippen LogP) is 4.59. The van der Waals surface area contributed by atoms with Crippen LogP contribution in [0, 0.1) is 0 Å². The van der Waals surface area contributed by atoms with Crippen LogP contribution >= 0.6 is 11.6 Å². The van der Waals surface area contributed by atoms with Crippen LogP contribution < -0.4 is 10.0 Å². The molecule has 0 unspecified atom stereocenters. The molecule has 0 saturated carbocycles. The van der Waals surface area contributed by atoms with Gasteiger partial charge in [-0.2, -0.15) is 5.10 Å². The number of amides is 1. The van der Waals surface area contributed by atoms with Gasteiger partial charge < -0.3 is 5.32 Å². The maximum Gasteiger partial charge on any atom is 0.259 e. The molecule has 2 N–H and O–H groups in total. The number of anilines is 1. The smallest absolute Gasteiger partial charge is 0.259 e. The second kappa shape index (κ2) is 9.21. The van der Waals surface area contributed by atoms with Gasteiger partial charge in [-0.3, -0.25) is 4.79 Å². The molecule has 1 aromatic heterocycles. The molecule has 0 aliphatic carbocycles. The Kier molecular flexibility index (Phi) is 6.83. The van der Waals surface area contributed by atoms with Gasteiger partial charge in [-0.25, -0.2) is 17.8 Å². The zero-order valence-electron chi connectivity index (χ0n) is 17.8. The molecular weight excluding hydrogens is 436 g/mol. The van der Waals surface area contributed by atoms with Crippen molar-refractivity contribution < 1.29 is 13.2 Å².